The van der Waals surface area contributed by atoms with Crippen LogP contribution < -0.4 is 5.32 Å². The van der Waals surface area contributed by atoms with Crippen LogP contribution in [-0.2, 0) is 9.84 Å². The second-order valence-corrected chi connectivity index (χ2v) is 8.12. The molecule has 1 heterocycles. The van der Waals surface area contributed by atoms with Gasteiger partial charge in [0.05, 0.1) is 5.75 Å². The van der Waals surface area contributed by atoms with Gasteiger partial charge in [0.1, 0.15) is 9.84 Å². The lowest BCUT2D eigenvalue weighted by atomic mass is 10.2. The van der Waals surface area contributed by atoms with Gasteiger partial charge in [-0.15, -0.1) is 11.3 Å². The summed E-state index contributed by atoms with van der Waals surface area (Å²) in [6.45, 7) is 3.00. The van der Waals surface area contributed by atoms with Crippen LogP contribution in [0.3, 0.4) is 0 Å². The summed E-state index contributed by atoms with van der Waals surface area (Å²) in [7, 11) is -2.90. The largest absolute Gasteiger partial charge is 0.309 e. The van der Waals surface area contributed by atoms with Crippen LogP contribution in [0.5, 0.6) is 0 Å². The molecule has 17 heavy (non-hydrogen) atoms. The second kappa shape index (κ2) is 6.87. The molecular formula is C11H18BrNO2S2. The molecule has 0 amide bonds. The first kappa shape index (κ1) is 15.1. The van der Waals surface area contributed by atoms with Gasteiger partial charge in [0.25, 0.3) is 0 Å². The fourth-order valence-corrected chi connectivity index (χ4v) is 3.95. The second-order valence-electron chi connectivity index (χ2n) is 4.06. The van der Waals surface area contributed by atoms with Crippen molar-refractivity contribution < 1.29 is 8.42 Å². The van der Waals surface area contributed by atoms with E-state index in [2.05, 4.69) is 28.2 Å². The van der Waals surface area contributed by atoms with Crippen LogP contribution in [0.4, 0.5) is 0 Å². The van der Waals surface area contributed by atoms with Crippen LogP contribution in [0.15, 0.2) is 15.9 Å². The highest BCUT2D eigenvalue weighted by molar-refractivity contribution is 9.10. The quantitative estimate of drug-likeness (QED) is 0.830. The Hall–Kier alpha value is 0.0900. The SMILES string of the molecule is CCCNC(CCS(C)(=O)=O)c1sccc1Br. The maximum Gasteiger partial charge on any atom is 0.147 e. The zero-order valence-corrected chi connectivity index (χ0v) is 13.3. The summed E-state index contributed by atoms with van der Waals surface area (Å²) in [5.41, 5.74) is 0. The highest BCUT2D eigenvalue weighted by Gasteiger charge is 2.17. The third kappa shape index (κ3) is 5.50. The molecule has 1 atom stereocenters. The Morgan fingerprint density at radius 1 is 1.53 bits per heavy atom. The molecule has 0 radical (unpaired) electrons. The summed E-state index contributed by atoms with van der Waals surface area (Å²) < 4.78 is 23.5. The molecule has 1 N–H and O–H groups in total. The normalized spacial score (nSPS) is 13.8. The Morgan fingerprint density at radius 3 is 2.71 bits per heavy atom. The summed E-state index contributed by atoms with van der Waals surface area (Å²) in [6.07, 6.45) is 2.95. The molecule has 1 rings (SSSR count). The molecular weight excluding hydrogens is 322 g/mol. The van der Waals surface area contributed by atoms with Gasteiger partial charge in [-0.2, -0.15) is 0 Å². The molecule has 1 unspecified atom stereocenters. The average Bonchev–Trinajstić information content (AvgIpc) is 2.63. The van der Waals surface area contributed by atoms with E-state index in [0.29, 0.717) is 6.42 Å². The summed E-state index contributed by atoms with van der Waals surface area (Å²) >= 11 is 5.15. The molecule has 6 heteroatoms. The Bertz CT molecular complexity index is 442. The Balaban J connectivity index is 2.71. The first-order valence-corrected chi connectivity index (χ1v) is 9.31. The minimum absolute atomic E-state index is 0.124. The van der Waals surface area contributed by atoms with E-state index in [9.17, 15) is 8.42 Å². The predicted octanol–water partition coefficient (Wildman–Crippen LogP) is 2.99. The minimum atomic E-state index is -2.90. The summed E-state index contributed by atoms with van der Waals surface area (Å²) in [5, 5.41) is 5.42. The molecule has 0 bridgehead atoms. The van der Waals surface area contributed by atoms with Crippen molar-refractivity contribution in [3.8, 4) is 0 Å². The van der Waals surface area contributed by atoms with Gasteiger partial charge in [0.2, 0.25) is 0 Å². The van der Waals surface area contributed by atoms with Gasteiger partial charge in [-0.05, 0) is 46.8 Å². The van der Waals surface area contributed by atoms with Crippen molar-refractivity contribution in [2.45, 2.75) is 25.8 Å². The zero-order chi connectivity index (χ0) is 12.9. The lowest BCUT2D eigenvalue weighted by Crippen LogP contribution is -2.24. The molecule has 0 aliphatic rings. The van der Waals surface area contributed by atoms with Gasteiger partial charge >= 0.3 is 0 Å². The van der Waals surface area contributed by atoms with E-state index in [-0.39, 0.29) is 11.8 Å². The van der Waals surface area contributed by atoms with E-state index in [1.54, 1.807) is 11.3 Å². The Labute approximate surface area is 116 Å². The Kier molecular flexibility index (Phi) is 6.12. The van der Waals surface area contributed by atoms with Crippen molar-refractivity contribution in [3.05, 3.63) is 20.8 Å². The molecule has 3 nitrogen and oxygen atoms in total. The van der Waals surface area contributed by atoms with E-state index < -0.39 is 9.84 Å². The van der Waals surface area contributed by atoms with Gasteiger partial charge in [-0.3, -0.25) is 0 Å². The molecule has 1 aromatic rings. The summed E-state index contributed by atoms with van der Waals surface area (Å²) in [5.74, 6) is 0.221. The van der Waals surface area contributed by atoms with E-state index in [4.69, 9.17) is 0 Å². The third-order valence-corrected chi connectivity index (χ3v) is 5.34. The topological polar surface area (TPSA) is 46.2 Å². The first-order chi connectivity index (χ1) is 7.94. The predicted molar refractivity (Wildman–Crippen MR) is 77.4 cm³/mol. The summed E-state index contributed by atoms with van der Waals surface area (Å²) in [4.78, 5) is 1.18. The number of hydrogen-bond donors (Lipinski definition) is 1. The van der Waals surface area contributed by atoms with Crippen molar-refractivity contribution >= 4 is 37.1 Å². The lowest BCUT2D eigenvalue weighted by Gasteiger charge is -2.17. The van der Waals surface area contributed by atoms with Crippen LogP contribution in [0, 0.1) is 0 Å². The van der Waals surface area contributed by atoms with Crippen LogP contribution in [0.25, 0.3) is 0 Å². The first-order valence-electron chi connectivity index (χ1n) is 5.58. The molecule has 98 valence electrons. The van der Waals surface area contributed by atoms with E-state index in [1.807, 2.05) is 11.4 Å². The van der Waals surface area contributed by atoms with Gasteiger partial charge in [-0.1, -0.05) is 6.92 Å². The molecule has 0 saturated carbocycles. The number of hydrogen-bond acceptors (Lipinski definition) is 4. The van der Waals surface area contributed by atoms with E-state index in [1.165, 1.54) is 11.1 Å². The highest BCUT2D eigenvalue weighted by atomic mass is 79.9. The van der Waals surface area contributed by atoms with Crippen LogP contribution >= 0.6 is 27.3 Å². The Morgan fingerprint density at radius 2 is 2.24 bits per heavy atom. The van der Waals surface area contributed by atoms with Gasteiger partial charge in [0, 0.05) is 21.6 Å². The fourth-order valence-electron chi connectivity index (χ4n) is 1.53. The molecule has 0 aliphatic heterocycles. The number of halogens is 1. The standard InChI is InChI=1S/C11H18BrNO2S2/c1-3-6-13-10(5-8-17(2,14)15)11-9(12)4-7-16-11/h4,7,10,13H,3,5-6,8H2,1-2H3. The number of thiophene rings is 1. The molecule has 0 saturated heterocycles. The maximum absolute atomic E-state index is 11.2. The molecule has 1 aromatic heterocycles. The number of sulfone groups is 1. The van der Waals surface area contributed by atoms with Crippen molar-refractivity contribution in [1.82, 2.24) is 5.32 Å². The molecule has 0 aromatic carbocycles. The van der Waals surface area contributed by atoms with Crippen molar-refractivity contribution in [2.24, 2.45) is 0 Å². The van der Waals surface area contributed by atoms with Crippen LogP contribution in [0.1, 0.15) is 30.7 Å². The van der Waals surface area contributed by atoms with Gasteiger partial charge in [-0.25, -0.2) is 8.42 Å². The van der Waals surface area contributed by atoms with E-state index >= 15 is 0 Å². The number of nitrogens with one attached hydrogen (secondary N) is 1. The maximum atomic E-state index is 11.2. The molecule has 0 fully saturated rings. The minimum Gasteiger partial charge on any atom is -0.309 e. The van der Waals surface area contributed by atoms with Crippen LogP contribution in [-0.4, -0.2) is 27.0 Å². The van der Waals surface area contributed by atoms with E-state index in [0.717, 1.165) is 17.4 Å². The van der Waals surface area contributed by atoms with Gasteiger partial charge in [0.15, 0.2) is 0 Å². The highest BCUT2D eigenvalue weighted by Crippen LogP contribution is 2.31. The van der Waals surface area contributed by atoms with Crippen molar-refractivity contribution in [3.63, 3.8) is 0 Å². The average molecular weight is 340 g/mol. The van der Waals surface area contributed by atoms with Crippen LogP contribution in [0.2, 0.25) is 0 Å². The van der Waals surface area contributed by atoms with Crippen molar-refractivity contribution in [1.29, 1.82) is 0 Å². The monoisotopic (exact) mass is 339 g/mol. The molecule has 0 aliphatic carbocycles. The van der Waals surface area contributed by atoms with Gasteiger partial charge < -0.3 is 5.32 Å². The zero-order valence-electron chi connectivity index (χ0n) is 10.1. The third-order valence-electron chi connectivity index (χ3n) is 2.38. The lowest BCUT2D eigenvalue weighted by molar-refractivity contribution is 0.519. The smallest absolute Gasteiger partial charge is 0.147 e. The molecule has 0 spiro atoms. The summed E-state index contributed by atoms with van der Waals surface area (Å²) in [6, 6.07) is 2.13. The number of rotatable bonds is 7. The van der Waals surface area contributed by atoms with Crippen molar-refractivity contribution in [2.75, 3.05) is 18.6 Å². The fraction of sp³-hybridized carbons (Fsp3) is 0.636.